The van der Waals surface area contributed by atoms with Crippen LogP contribution in [0.2, 0.25) is 0 Å². The number of thiocarbonyl (C=S) groups is 1. The number of nitrogens with one attached hydrogen (secondary N) is 3. The van der Waals surface area contributed by atoms with Gasteiger partial charge in [0.2, 0.25) is 9.54 Å². The first-order valence-electron chi connectivity index (χ1n) is 9.32. The molecule has 0 aromatic heterocycles. The average Bonchev–Trinajstić information content (AvgIpc) is 2.73. The maximum absolute atomic E-state index is 12.9. The van der Waals surface area contributed by atoms with Crippen LogP contribution in [0.25, 0.3) is 0 Å². The Hall–Kier alpha value is -2.13. The molecule has 0 spiro atoms. The number of hydrogen-bond donors (Lipinski definition) is 3. The molecule has 32 heavy (non-hydrogen) atoms. The van der Waals surface area contributed by atoms with Crippen LogP contribution in [0, 0.1) is 13.8 Å². The second-order valence-electron chi connectivity index (χ2n) is 6.78. The molecule has 0 unspecified atom stereocenters. The van der Waals surface area contributed by atoms with Gasteiger partial charge in [0.25, 0.3) is 5.91 Å². The molecule has 0 saturated heterocycles. The van der Waals surface area contributed by atoms with Gasteiger partial charge in [-0.05, 0) is 55.4 Å². The summed E-state index contributed by atoms with van der Waals surface area (Å²) >= 11 is 23.6. The number of rotatable bonds is 7. The summed E-state index contributed by atoms with van der Waals surface area (Å²) in [5.74, 6) is 0.411. The molecule has 11 heteroatoms. The van der Waals surface area contributed by atoms with Crippen molar-refractivity contribution in [1.29, 1.82) is 0 Å². The molecular formula is C21H24Cl3N3O4S. The number of anilines is 1. The third kappa shape index (κ3) is 6.68. The molecule has 0 aliphatic carbocycles. The summed E-state index contributed by atoms with van der Waals surface area (Å²) in [7, 11) is 4.36. The molecule has 2 aromatic carbocycles. The maximum Gasteiger partial charge on any atom is 0.253 e. The highest BCUT2D eigenvalue weighted by molar-refractivity contribution is 7.80. The van der Waals surface area contributed by atoms with Crippen LogP contribution >= 0.6 is 47.0 Å². The lowest BCUT2D eigenvalue weighted by Gasteiger charge is -2.28. The van der Waals surface area contributed by atoms with Crippen molar-refractivity contribution < 1.29 is 19.0 Å². The van der Waals surface area contributed by atoms with Crippen molar-refractivity contribution >= 4 is 63.7 Å². The predicted molar refractivity (Wildman–Crippen MR) is 133 cm³/mol. The highest BCUT2D eigenvalue weighted by atomic mass is 35.6. The van der Waals surface area contributed by atoms with Crippen LogP contribution in [0.15, 0.2) is 30.3 Å². The van der Waals surface area contributed by atoms with Gasteiger partial charge in [-0.15, -0.1) is 0 Å². The SMILES string of the molecule is COc1cc(C(=O)N[C@@H](NC(=S)Nc2cc(C)ccc2C)C(Cl)(Cl)Cl)cc(OC)c1OC. The standard InChI is InChI=1S/C21H24Cl3N3O4S/c1-11-6-7-12(2)14(8-11)25-20(32)27-19(21(22,23)24)26-18(28)13-9-15(29-3)17(31-5)16(10-13)30-4/h6-10,19H,1-5H3,(H,26,28)(H2,25,27,32)/t19-/m0/s1. The number of halogens is 3. The maximum atomic E-state index is 12.9. The minimum absolute atomic E-state index is 0.167. The lowest BCUT2D eigenvalue weighted by atomic mass is 10.1. The summed E-state index contributed by atoms with van der Waals surface area (Å²) < 4.78 is 13.9. The third-order valence-corrected chi connectivity index (χ3v) is 5.32. The molecule has 0 saturated carbocycles. The van der Waals surface area contributed by atoms with E-state index in [1.165, 1.54) is 33.5 Å². The number of hydrogen-bond acceptors (Lipinski definition) is 5. The monoisotopic (exact) mass is 519 g/mol. The van der Waals surface area contributed by atoms with Crippen molar-refractivity contribution in [3.63, 3.8) is 0 Å². The zero-order chi connectivity index (χ0) is 24.1. The zero-order valence-corrected chi connectivity index (χ0v) is 21.2. The molecule has 0 radical (unpaired) electrons. The van der Waals surface area contributed by atoms with Crippen LogP contribution in [0.3, 0.4) is 0 Å². The molecule has 0 aliphatic heterocycles. The van der Waals surface area contributed by atoms with Crippen LogP contribution in [0.4, 0.5) is 5.69 Å². The van der Waals surface area contributed by atoms with Gasteiger partial charge < -0.3 is 30.2 Å². The van der Waals surface area contributed by atoms with Gasteiger partial charge in [0, 0.05) is 11.3 Å². The van der Waals surface area contributed by atoms with E-state index in [1.807, 2.05) is 32.0 Å². The summed E-state index contributed by atoms with van der Waals surface area (Å²) in [5, 5.41) is 8.69. The molecule has 2 aromatic rings. The van der Waals surface area contributed by atoms with Crippen LogP contribution in [-0.4, -0.2) is 42.3 Å². The summed E-state index contributed by atoms with van der Waals surface area (Å²) in [5.41, 5.74) is 3.02. The fourth-order valence-electron chi connectivity index (χ4n) is 2.79. The first kappa shape index (κ1) is 26.1. The molecule has 0 fully saturated rings. The van der Waals surface area contributed by atoms with Crippen LogP contribution in [-0.2, 0) is 0 Å². The largest absolute Gasteiger partial charge is 0.493 e. The fourth-order valence-corrected chi connectivity index (χ4v) is 3.34. The van der Waals surface area contributed by atoms with Gasteiger partial charge in [-0.25, -0.2) is 0 Å². The van der Waals surface area contributed by atoms with Crippen LogP contribution < -0.4 is 30.2 Å². The molecule has 174 valence electrons. The number of carbonyl (C=O) groups is 1. The molecule has 1 atom stereocenters. The van der Waals surface area contributed by atoms with E-state index in [0.717, 1.165) is 16.8 Å². The van der Waals surface area contributed by atoms with E-state index in [-0.39, 0.29) is 10.7 Å². The second kappa shape index (κ2) is 11.1. The molecule has 3 N–H and O–H groups in total. The molecule has 0 aliphatic rings. The number of benzene rings is 2. The quantitative estimate of drug-likeness (QED) is 0.276. The minimum Gasteiger partial charge on any atom is -0.493 e. The predicted octanol–water partition coefficient (Wildman–Crippen LogP) is 4.74. The Labute approximate surface area is 207 Å². The molecule has 0 bridgehead atoms. The van der Waals surface area contributed by atoms with E-state index >= 15 is 0 Å². The summed E-state index contributed by atoms with van der Waals surface area (Å²) in [4.78, 5) is 12.9. The van der Waals surface area contributed by atoms with Crippen molar-refractivity contribution in [2.45, 2.75) is 23.8 Å². The lowest BCUT2D eigenvalue weighted by molar-refractivity contribution is 0.0933. The van der Waals surface area contributed by atoms with Gasteiger partial charge in [-0.2, -0.15) is 0 Å². The van der Waals surface area contributed by atoms with Crippen molar-refractivity contribution in [3.05, 3.63) is 47.0 Å². The number of carbonyl (C=O) groups excluding carboxylic acids is 1. The van der Waals surface area contributed by atoms with E-state index in [4.69, 9.17) is 61.2 Å². The van der Waals surface area contributed by atoms with Gasteiger partial charge in [0.1, 0.15) is 6.17 Å². The van der Waals surface area contributed by atoms with Gasteiger partial charge >= 0.3 is 0 Å². The Bertz CT molecular complexity index is 974. The summed E-state index contributed by atoms with van der Waals surface area (Å²) in [6, 6.07) is 8.84. The first-order chi connectivity index (χ1) is 15.0. The van der Waals surface area contributed by atoms with Crippen molar-refractivity contribution in [2.24, 2.45) is 0 Å². The van der Waals surface area contributed by atoms with Crippen molar-refractivity contribution in [3.8, 4) is 17.2 Å². The fraction of sp³-hybridized carbons (Fsp3) is 0.333. The van der Waals surface area contributed by atoms with E-state index in [2.05, 4.69) is 16.0 Å². The smallest absolute Gasteiger partial charge is 0.253 e. The van der Waals surface area contributed by atoms with Crippen LogP contribution in [0.5, 0.6) is 17.2 Å². The van der Waals surface area contributed by atoms with Gasteiger partial charge in [-0.1, -0.05) is 46.9 Å². The molecule has 2 rings (SSSR count). The van der Waals surface area contributed by atoms with Crippen molar-refractivity contribution in [2.75, 3.05) is 26.6 Å². The second-order valence-corrected chi connectivity index (χ2v) is 9.56. The molecule has 7 nitrogen and oxygen atoms in total. The Morgan fingerprint density at radius 1 is 0.969 bits per heavy atom. The normalized spacial score (nSPS) is 11.9. The van der Waals surface area contributed by atoms with Crippen molar-refractivity contribution in [1.82, 2.24) is 10.6 Å². The number of alkyl halides is 3. The van der Waals surface area contributed by atoms with E-state index < -0.39 is 15.9 Å². The van der Waals surface area contributed by atoms with Gasteiger partial charge in [0.05, 0.1) is 21.3 Å². The third-order valence-electron chi connectivity index (χ3n) is 4.45. The van der Waals surface area contributed by atoms with Crippen LogP contribution in [0.1, 0.15) is 21.5 Å². The van der Waals surface area contributed by atoms with Gasteiger partial charge in [-0.3, -0.25) is 4.79 Å². The Morgan fingerprint density at radius 3 is 2.06 bits per heavy atom. The van der Waals surface area contributed by atoms with E-state index in [0.29, 0.717) is 17.2 Å². The number of ether oxygens (including phenoxy) is 3. The Morgan fingerprint density at radius 2 is 1.56 bits per heavy atom. The average molecular weight is 521 g/mol. The highest BCUT2D eigenvalue weighted by Crippen LogP contribution is 2.38. The number of methoxy groups -OCH3 is 3. The summed E-state index contributed by atoms with van der Waals surface area (Å²) in [6.45, 7) is 3.89. The zero-order valence-electron chi connectivity index (χ0n) is 18.1. The topological polar surface area (TPSA) is 80.9 Å². The number of amides is 1. The molecule has 0 heterocycles. The van der Waals surface area contributed by atoms with Gasteiger partial charge in [0.15, 0.2) is 16.6 Å². The molecule has 1 amide bonds. The Balaban J connectivity index is 2.23. The minimum atomic E-state index is -1.91. The van der Waals surface area contributed by atoms with E-state index in [9.17, 15) is 4.79 Å². The highest BCUT2D eigenvalue weighted by Gasteiger charge is 2.35. The summed E-state index contributed by atoms with van der Waals surface area (Å²) in [6.07, 6.45) is -1.15. The first-order valence-corrected chi connectivity index (χ1v) is 10.9. The lowest BCUT2D eigenvalue weighted by Crippen LogP contribution is -2.56. The number of aryl methyl sites for hydroxylation is 2. The van der Waals surface area contributed by atoms with E-state index in [1.54, 1.807) is 0 Å². The molecular weight excluding hydrogens is 497 g/mol. The Kier molecular flexibility index (Phi) is 9.09.